The molecule has 0 aliphatic heterocycles. The monoisotopic (exact) mass is 360 g/mol. The normalized spacial score (nSPS) is 11.8. The number of halogens is 2. The summed E-state index contributed by atoms with van der Waals surface area (Å²) < 4.78 is 34.9. The Morgan fingerprint density at radius 1 is 1.13 bits per heavy atom. The number of rotatable bonds is 3. The summed E-state index contributed by atoms with van der Waals surface area (Å²) in [5.41, 5.74) is 2.08. The van der Waals surface area contributed by atoms with Crippen molar-refractivity contribution in [1.82, 2.24) is 9.55 Å². The summed E-state index contributed by atoms with van der Waals surface area (Å²) in [6.45, 7) is 0. The average molecular weight is 361 g/mol. The van der Waals surface area contributed by atoms with E-state index < -0.39 is 11.1 Å². The van der Waals surface area contributed by atoms with Gasteiger partial charge >= 0.3 is 29.6 Å². The summed E-state index contributed by atoms with van der Waals surface area (Å²) in [5, 5.41) is 0.293. The van der Waals surface area contributed by atoms with Crippen molar-refractivity contribution in [3.05, 3.63) is 65.8 Å². The van der Waals surface area contributed by atoms with Gasteiger partial charge in [0.15, 0.2) is 16.2 Å². The molecular weight excluding hydrogens is 350 g/mol. The van der Waals surface area contributed by atoms with Gasteiger partial charge in [0.2, 0.25) is 0 Å². The molecule has 2 aromatic carbocycles. The molecule has 0 bridgehead atoms. The third-order valence-corrected chi connectivity index (χ3v) is 4.11. The van der Waals surface area contributed by atoms with Gasteiger partial charge in [-0.3, -0.25) is 4.57 Å². The van der Waals surface area contributed by atoms with Crippen LogP contribution in [0.2, 0.25) is 5.15 Å². The molecule has 1 atom stereocenters. The van der Waals surface area contributed by atoms with Crippen molar-refractivity contribution in [3.63, 3.8) is 0 Å². The fourth-order valence-corrected chi connectivity index (χ4v) is 2.72. The van der Waals surface area contributed by atoms with Gasteiger partial charge in [-0.1, -0.05) is 11.6 Å². The molecule has 1 N–H and O–H groups in total. The molecule has 1 aromatic heterocycles. The summed E-state index contributed by atoms with van der Waals surface area (Å²) in [7, 11) is 0. The average Bonchev–Trinajstić information content (AvgIpc) is 2.90. The maximum Gasteiger partial charge on any atom is 1.00 e. The minimum Gasteiger partial charge on any atom is -1.00 e. The zero-order valence-corrected chi connectivity index (χ0v) is 15.7. The van der Waals surface area contributed by atoms with Gasteiger partial charge in [0, 0.05) is 11.3 Å². The van der Waals surface area contributed by atoms with E-state index in [0.717, 1.165) is 11.3 Å². The maximum absolute atomic E-state index is 13.1. The van der Waals surface area contributed by atoms with Gasteiger partial charge in [-0.05, 0) is 48.5 Å². The molecule has 0 fully saturated rings. The smallest absolute Gasteiger partial charge is 1.00 e. The van der Waals surface area contributed by atoms with Gasteiger partial charge in [0.25, 0.3) is 0 Å². The van der Waals surface area contributed by atoms with Crippen molar-refractivity contribution >= 4 is 22.7 Å². The molecule has 0 aliphatic rings. The molecule has 1 unspecified atom stereocenters. The van der Waals surface area contributed by atoms with Crippen LogP contribution in [-0.2, 0) is 11.1 Å². The van der Waals surface area contributed by atoms with Crippen molar-refractivity contribution in [2.75, 3.05) is 0 Å². The Hall–Kier alpha value is -1.02. The molecule has 4 nitrogen and oxygen atoms in total. The van der Waals surface area contributed by atoms with Crippen molar-refractivity contribution in [3.8, 4) is 16.9 Å². The number of benzene rings is 2. The Kier molecular flexibility index (Phi) is 6.13. The van der Waals surface area contributed by atoms with E-state index in [1.165, 1.54) is 12.1 Å². The van der Waals surface area contributed by atoms with E-state index in [9.17, 15) is 8.60 Å². The molecule has 0 aliphatic carbocycles. The molecule has 0 spiro atoms. The van der Waals surface area contributed by atoms with E-state index in [0.29, 0.717) is 15.7 Å². The maximum atomic E-state index is 13.1. The Morgan fingerprint density at radius 3 is 2.30 bits per heavy atom. The van der Waals surface area contributed by atoms with E-state index in [1.54, 1.807) is 47.3 Å². The minimum absolute atomic E-state index is 0. The van der Waals surface area contributed by atoms with E-state index in [1.807, 2.05) is 0 Å². The number of hydrogen-bond acceptors (Lipinski definition) is 2. The van der Waals surface area contributed by atoms with Gasteiger partial charge in [-0.15, -0.1) is 0 Å². The molecule has 23 heavy (non-hydrogen) atoms. The standard InChI is InChI=1S/C15H10ClFN2O2S.Na.H/c16-15-14(10-1-3-11(17)4-2-10)19(9-18-15)12-5-7-13(8-6-12)22(20)21;;/h1-9H,(H,20,21);;/q;+1;-1. The third kappa shape index (κ3) is 3.91. The van der Waals surface area contributed by atoms with Crippen LogP contribution in [0.5, 0.6) is 0 Å². The van der Waals surface area contributed by atoms with E-state index in [-0.39, 0.29) is 36.8 Å². The van der Waals surface area contributed by atoms with Crippen LogP contribution in [0.25, 0.3) is 16.9 Å². The number of imidazole rings is 1. The van der Waals surface area contributed by atoms with Crippen LogP contribution in [0.1, 0.15) is 1.43 Å². The largest absolute Gasteiger partial charge is 1.00 e. The minimum atomic E-state index is -2.02. The SMILES string of the molecule is O=S(O)c1ccc(-n2cnc(Cl)c2-c2ccc(F)cc2)cc1.[H-].[Na+]. The van der Waals surface area contributed by atoms with Gasteiger partial charge in [0.05, 0.1) is 10.6 Å². The van der Waals surface area contributed by atoms with Crippen LogP contribution in [-0.4, -0.2) is 18.3 Å². The first-order valence-electron chi connectivity index (χ1n) is 6.26. The summed E-state index contributed by atoms with van der Waals surface area (Å²) in [6, 6.07) is 12.4. The molecule has 0 amide bonds. The molecule has 1 heterocycles. The number of aromatic nitrogens is 2. The van der Waals surface area contributed by atoms with Crippen LogP contribution in [0, 0.1) is 5.82 Å². The first-order chi connectivity index (χ1) is 10.6. The molecular formula is C15H11ClFN2NaO2S. The Morgan fingerprint density at radius 2 is 1.74 bits per heavy atom. The van der Waals surface area contributed by atoms with Gasteiger partial charge in [0.1, 0.15) is 12.1 Å². The topological polar surface area (TPSA) is 55.1 Å². The number of nitrogens with zero attached hydrogens (tertiary/aromatic N) is 2. The first-order valence-corrected chi connectivity index (χ1v) is 7.75. The van der Waals surface area contributed by atoms with Crippen molar-refractivity contribution in [2.24, 2.45) is 0 Å². The molecule has 0 saturated carbocycles. The number of hydrogen-bond donors (Lipinski definition) is 1. The van der Waals surface area contributed by atoms with Crippen LogP contribution >= 0.6 is 11.6 Å². The summed E-state index contributed by atoms with van der Waals surface area (Å²) in [4.78, 5) is 4.38. The van der Waals surface area contributed by atoms with Crippen LogP contribution in [0.4, 0.5) is 4.39 Å². The third-order valence-electron chi connectivity index (χ3n) is 3.16. The second-order valence-corrected chi connectivity index (χ2v) is 5.83. The Labute approximate surface area is 163 Å². The van der Waals surface area contributed by atoms with Crippen LogP contribution in [0.3, 0.4) is 0 Å². The predicted octanol–water partition coefficient (Wildman–Crippen LogP) is 1.03. The fourth-order valence-electron chi connectivity index (χ4n) is 2.11. The van der Waals surface area contributed by atoms with Gasteiger partial charge in [-0.2, -0.15) is 0 Å². The zero-order chi connectivity index (χ0) is 15.7. The Bertz CT molecular complexity index is 844. The van der Waals surface area contributed by atoms with E-state index in [4.69, 9.17) is 16.2 Å². The quantitative estimate of drug-likeness (QED) is 0.560. The van der Waals surface area contributed by atoms with Crippen LogP contribution < -0.4 is 29.6 Å². The Balaban J connectivity index is 0.00000144. The van der Waals surface area contributed by atoms with Gasteiger partial charge in [-0.25, -0.2) is 13.6 Å². The fraction of sp³-hybridized carbons (Fsp3) is 0. The van der Waals surface area contributed by atoms with E-state index >= 15 is 0 Å². The first kappa shape index (κ1) is 18.3. The summed E-state index contributed by atoms with van der Waals surface area (Å²) in [6.07, 6.45) is 1.55. The molecule has 3 aromatic rings. The van der Waals surface area contributed by atoms with Crippen LogP contribution in [0.15, 0.2) is 59.8 Å². The second-order valence-electron chi connectivity index (χ2n) is 4.50. The molecule has 114 valence electrons. The van der Waals surface area contributed by atoms with Gasteiger partial charge < -0.3 is 5.98 Å². The second kappa shape index (κ2) is 7.70. The molecule has 0 radical (unpaired) electrons. The molecule has 3 rings (SSSR count). The summed E-state index contributed by atoms with van der Waals surface area (Å²) in [5.74, 6) is -0.333. The van der Waals surface area contributed by atoms with E-state index in [2.05, 4.69) is 4.98 Å². The summed E-state index contributed by atoms with van der Waals surface area (Å²) >= 11 is 4.11. The molecule has 0 saturated heterocycles. The zero-order valence-electron chi connectivity index (χ0n) is 13.1. The van der Waals surface area contributed by atoms with Crippen molar-refractivity contribution < 1.29 is 44.1 Å². The predicted molar refractivity (Wildman–Crippen MR) is 84.1 cm³/mol. The van der Waals surface area contributed by atoms with Crippen molar-refractivity contribution in [2.45, 2.75) is 4.90 Å². The van der Waals surface area contributed by atoms with Crippen molar-refractivity contribution in [1.29, 1.82) is 0 Å². The molecule has 8 heteroatoms.